The van der Waals surface area contributed by atoms with Crippen molar-refractivity contribution in [1.29, 1.82) is 0 Å². The number of hydrogen-bond donors (Lipinski definition) is 0. The number of rotatable bonds is 0. The Balaban J connectivity index is 3.17. The zero-order chi connectivity index (χ0) is 5.21. The average Bonchev–Trinajstić information content (AvgIpc) is 1.35. The van der Waals surface area contributed by atoms with Crippen LogP contribution in [0, 0.1) is 0 Å². The molecule has 0 rings (SSSR count). The van der Waals surface area contributed by atoms with Crippen LogP contribution in [0.15, 0.2) is 0 Å². The van der Waals surface area contributed by atoms with Crippen LogP contribution >= 0.6 is 0 Å². The minimum absolute atomic E-state index is 0.0139. The van der Waals surface area contributed by atoms with Gasteiger partial charge >= 0.3 is 46.8 Å². The van der Waals surface area contributed by atoms with E-state index in [-0.39, 0.29) is 5.60 Å². The minimum atomic E-state index is -0.0139. The van der Waals surface area contributed by atoms with Gasteiger partial charge in [-0.3, -0.25) is 0 Å². The molecule has 0 aliphatic heterocycles. The summed E-state index contributed by atoms with van der Waals surface area (Å²) in [5.41, 5.74) is -0.0139. The van der Waals surface area contributed by atoms with Gasteiger partial charge in [-0.2, -0.15) is 0 Å². The average molecular weight is 125 g/mol. The molecule has 0 aromatic rings. The molecule has 0 atom stereocenters. The van der Waals surface area contributed by atoms with Crippen LogP contribution in [-0.4, -0.2) is 5.60 Å². The van der Waals surface area contributed by atoms with Crippen LogP contribution in [0.25, 0.3) is 0 Å². The van der Waals surface area contributed by atoms with E-state index in [0.29, 0.717) is 0 Å². The van der Waals surface area contributed by atoms with Crippen LogP contribution in [0.3, 0.4) is 0 Å². The summed E-state index contributed by atoms with van der Waals surface area (Å²) < 4.78 is 4.81. The van der Waals surface area contributed by atoms with E-state index in [2.05, 4.69) is 16.6 Å². The molecule has 0 amide bonds. The van der Waals surface area contributed by atoms with E-state index in [1.165, 1.54) is 0 Å². The predicted octanol–water partition coefficient (Wildman–Crippen LogP) is 1.26. The summed E-state index contributed by atoms with van der Waals surface area (Å²) in [5.74, 6) is 0. The van der Waals surface area contributed by atoms with Gasteiger partial charge in [-0.1, -0.05) is 0 Å². The van der Waals surface area contributed by atoms with Gasteiger partial charge in [0.2, 0.25) is 0 Å². The van der Waals surface area contributed by atoms with E-state index >= 15 is 0 Å². The summed E-state index contributed by atoms with van der Waals surface area (Å²) in [6.07, 6.45) is 0. The van der Waals surface area contributed by atoms with Crippen LogP contribution in [0.2, 0.25) is 0 Å². The van der Waals surface area contributed by atoms with Crippen molar-refractivity contribution in [3.8, 4) is 0 Å². The monoisotopic (exact) mass is 125 g/mol. The molecule has 0 aromatic heterocycles. The fraction of sp³-hybridized carbons (Fsp3) is 1.00. The van der Waals surface area contributed by atoms with E-state index in [1.807, 2.05) is 20.8 Å². The van der Waals surface area contributed by atoms with Gasteiger partial charge in [0.1, 0.15) is 0 Å². The molecule has 0 bridgehead atoms. The van der Waals surface area contributed by atoms with Crippen LogP contribution in [0.4, 0.5) is 0 Å². The molecule has 0 saturated heterocycles. The molecule has 0 N–H and O–H groups in total. The first-order valence-corrected chi connectivity index (χ1v) is 2.39. The Kier molecular flexibility index (Phi) is 2.14. The van der Waals surface area contributed by atoms with Crippen LogP contribution in [0.1, 0.15) is 20.8 Å². The van der Waals surface area contributed by atoms with E-state index in [1.54, 1.807) is 0 Å². The summed E-state index contributed by atoms with van der Waals surface area (Å²) in [6.45, 7) is 5.97. The molecule has 0 aliphatic rings. The van der Waals surface area contributed by atoms with Crippen molar-refractivity contribution in [2.75, 3.05) is 0 Å². The van der Waals surface area contributed by atoms with Gasteiger partial charge in [0.05, 0.1) is 0 Å². The third kappa shape index (κ3) is 4.49. The Labute approximate surface area is 47.4 Å². The van der Waals surface area contributed by atoms with Crippen molar-refractivity contribution in [2.45, 2.75) is 26.4 Å². The van der Waals surface area contributed by atoms with Gasteiger partial charge in [0.25, 0.3) is 0 Å². The molecule has 0 aliphatic carbocycles. The van der Waals surface area contributed by atoms with Crippen molar-refractivity contribution in [3.05, 3.63) is 0 Å². The third-order valence-corrected chi connectivity index (χ3v) is 1.03. The van der Waals surface area contributed by atoms with Gasteiger partial charge in [0.15, 0.2) is 0 Å². The van der Waals surface area contributed by atoms with Gasteiger partial charge in [0, 0.05) is 0 Å². The van der Waals surface area contributed by atoms with Gasteiger partial charge in [-0.15, -0.1) is 0 Å². The summed E-state index contributed by atoms with van der Waals surface area (Å²) in [4.78, 5) is 0. The Morgan fingerprint density at radius 2 is 1.50 bits per heavy atom. The molecule has 37 valence electrons. The molecule has 6 heavy (non-hydrogen) atoms. The van der Waals surface area contributed by atoms with Crippen LogP contribution in [-0.2, 0) is 20.4 Å². The van der Waals surface area contributed by atoms with Crippen molar-refractivity contribution in [1.82, 2.24) is 0 Å². The Morgan fingerprint density at radius 3 is 1.50 bits per heavy atom. The molecule has 0 radical (unpaired) electrons. The fourth-order valence-corrected chi connectivity index (χ4v) is 0. The van der Waals surface area contributed by atoms with E-state index < -0.39 is 0 Å². The predicted molar refractivity (Wildman–Crippen MR) is 20.8 cm³/mol. The Hall–Kier alpha value is 0.492. The topological polar surface area (TPSA) is 9.23 Å². The van der Waals surface area contributed by atoms with Crippen molar-refractivity contribution < 1.29 is 20.4 Å². The van der Waals surface area contributed by atoms with E-state index in [0.717, 1.165) is 0 Å². The molecule has 0 fully saturated rings. The molecule has 0 spiro atoms. The van der Waals surface area contributed by atoms with E-state index in [9.17, 15) is 0 Å². The zero-order valence-corrected chi connectivity index (χ0v) is 5.59. The molecule has 1 nitrogen and oxygen atoms in total. The standard InChI is InChI=1S/C4H9O.Cr/c1-4(2,3)5;/h1-3H3;/q-1;+1. The molecule has 0 aromatic carbocycles. The maximum absolute atomic E-state index is 4.81. The Morgan fingerprint density at radius 1 is 1.33 bits per heavy atom. The van der Waals surface area contributed by atoms with Gasteiger partial charge in [-0.25, -0.2) is 0 Å². The van der Waals surface area contributed by atoms with Crippen molar-refractivity contribution >= 4 is 0 Å². The Bertz CT molecular complexity index is 37.3. The van der Waals surface area contributed by atoms with Gasteiger partial charge < -0.3 is 0 Å². The van der Waals surface area contributed by atoms with Crippen LogP contribution < -0.4 is 0 Å². The van der Waals surface area contributed by atoms with Crippen molar-refractivity contribution in [2.24, 2.45) is 0 Å². The molecular weight excluding hydrogens is 116 g/mol. The summed E-state index contributed by atoms with van der Waals surface area (Å²) in [5, 5.41) is 0. The van der Waals surface area contributed by atoms with Crippen molar-refractivity contribution in [3.63, 3.8) is 0 Å². The quantitative estimate of drug-likeness (QED) is 0.473. The molecule has 0 heterocycles. The third-order valence-electron chi connectivity index (χ3n) is 0.250. The fourth-order valence-electron chi connectivity index (χ4n) is 0. The second-order valence-corrected chi connectivity index (χ2v) is 2.46. The second kappa shape index (κ2) is 1.97. The first-order chi connectivity index (χ1) is 2.56. The summed E-state index contributed by atoms with van der Waals surface area (Å²) in [6, 6.07) is 0. The summed E-state index contributed by atoms with van der Waals surface area (Å²) >= 11 is 2.48. The number of hydrogen-bond acceptors (Lipinski definition) is 1. The van der Waals surface area contributed by atoms with E-state index in [4.69, 9.17) is 3.79 Å². The molecule has 2 heteroatoms. The second-order valence-electron chi connectivity index (χ2n) is 2.20. The SMILES string of the molecule is CC(C)(C)[O][Cr]. The molecule has 0 saturated carbocycles. The van der Waals surface area contributed by atoms with Gasteiger partial charge in [-0.05, 0) is 0 Å². The zero-order valence-electron chi connectivity index (χ0n) is 4.32. The molecule has 0 unspecified atom stereocenters. The normalized spacial score (nSPS) is 11.8. The first kappa shape index (κ1) is 6.49. The first-order valence-electron chi connectivity index (χ1n) is 1.87. The molecular formula is C4H9CrO. The van der Waals surface area contributed by atoms with Crippen LogP contribution in [0.5, 0.6) is 0 Å². The summed E-state index contributed by atoms with van der Waals surface area (Å²) in [7, 11) is 0. The maximum atomic E-state index is 4.81.